The first kappa shape index (κ1) is 17.6. The van der Waals surface area contributed by atoms with Gasteiger partial charge in [-0.15, -0.1) is 11.6 Å². The Bertz CT molecular complexity index is 535. The highest BCUT2D eigenvalue weighted by atomic mass is 35.5. The largest absolute Gasteiger partial charge is 0.460 e. The molecule has 1 N–H and O–H groups in total. The van der Waals surface area contributed by atoms with Gasteiger partial charge in [-0.05, 0) is 11.5 Å². The molecule has 1 aromatic carbocycles. The van der Waals surface area contributed by atoms with Gasteiger partial charge in [-0.1, -0.05) is 44.2 Å². The molecule has 2 rings (SSSR count). The quantitative estimate of drug-likeness (QED) is 0.639. The van der Waals surface area contributed by atoms with E-state index in [2.05, 4.69) is 5.32 Å². The third-order valence-corrected chi connectivity index (χ3v) is 4.29. The average Bonchev–Trinajstić information content (AvgIpc) is 2.92. The summed E-state index contributed by atoms with van der Waals surface area (Å²) in [6.07, 6.45) is -0.363. The van der Waals surface area contributed by atoms with Crippen LogP contribution in [-0.4, -0.2) is 30.1 Å². The second-order valence-corrected chi connectivity index (χ2v) is 6.35. The van der Waals surface area contributed by atoms with Crippen LogP contribution < -0.4 is 5.32 Å². The van der Waals surface area contributed by atoms with Gasteiger partial charge >= 0.3 is 12.1 Å². The van der Waals surface area contributed by atoms with Crippen molar-refractivity contribution in [1.82, 2.24) is 5.32 Å². The normalized spacial score (nSPS) is 21.8. The fourth-order valence-corrected chi connectivity index (χ4v) is 2.86. The molecule has 1 aliphatic rings. The van der Waals surface area contributed by atoms with Gasteiger partial charge in [0, 0.05) is 12.3 Å². The van der Waals surface area contributed by atoms with Crippen molar-refractivity contribution in [3.05, 3.63) is 35.9 Å². The van der Waals surface area contributed by atoms with Crippen molar-refractivity contribution < 1.29 is 19.1 Å². The molecule has 5 nitrogen and oxygen atoms in total. The lowest BCUT2D eigenvalue weighted by Gasteiger charge is -2.26. The van der Waals surface area contributed by atoms with Gasteiger partial charge in [-0.2, -0.15) is 0 Å². The fourth-order valence-electron chi connectivity index (χ4n) is 2.61. The highest BCUT2D eigenvalue weighted by Gasteiger charge is 2.40. The van der Waals surface area contributed by atoms with Crippen LogP contribution in [-0.2, 0) is 20.9 Å². The molecule has 0 radical (unpaired) electrons. The van der Waals surface area contributed by atoms with Crippen molar-refractivity contribution >= 4 is 23.7 Å². The first-order valence-corrected chi connectivity index (χ1v) is 8.28. The topological polar surface area (TPSA) is 64.6 Å². The predicted molar refractivity (Wildman–Crippen MR) is 87.1 cm³/mol. The number of alkyl carbamates (subject to hydrolysis) is 1. The Morgan fingerprint density at radius 1 is 1.39 bits per heavy atom. The molecule has 0 bridgehead atoms. The van der Waals surface area contributed by atoms with Gasteiger partial charge < -0.3 is 14.8 Å². The zero-order chi connectivity index (χ0) is 16.8. The zero-order valence-electron chi connectivity index (χ0n) is 13.3. The number of esters is 1. The summed E-state index contributed by atoms with van der Waals surface area (Å²) in [5, 5.41) is 2.81. The summed E-state index contributed by atoms with van der Waals surface area (Å²) in [6, 6.07) is 9.15. The van der Waals surface area contributed by atoms with Crippen molar-refractivity contribution in [1.29, 1.82) is 0 Å². The van der Waals surface area contributed by atoms with Gasteiger partial charge in [0.25, 0.3) is 0 Å². The van der Waals surface area contributed by atoms with E-state index in [1.807, 2.05) is 44.2 Å². The van der Waals surface area contributed by atoms with E-state index in [1.54, 1.807) is 0 Å². The fraction of sp³-hybridized carbons (Fsp3) is 0.529. The number of carbonyl (C=O) groups excluding carboxylic acids is 2. The van der Waals surface area contributed by atoms with E-state index in [4.69, 9.17) is 21.1 Å². The molecule has 1 heterocycles. The first-order chi connectivity index (χ1) is 11.0. The van der Waals surface area contributed by atoms with Gasteiger partial charge in [-0.25, -0.2) is 4.79 Å². The Balaban J connectivity index is 1.89. The van der Waals surface area contributed by atoms with Crippen LogP contribution in [0.1, 0.15) is 25.8 Å². The summed E-state index contributed by atoms with van der Waals surface area (Å²) in [5.41, 5.74) is 0.915. The maximum absolute atomic E-state index is 12.0. The van der Waals surface area contributed by atoms with E-state index in [9.17, 15) is 9.59 Å². The summed E-state index contributed by atoms with van der Waals surface area (Å²) >= 11 is 5.76. The van der Waals surface area contributed by atoms with Crippen molar-refractivity contribution in [2.45, 2.75) is 39.0 Å². The minimum Gasteiger partial charge on any atom is -0.460 e. The molecule has 23 heavy (non-hydrogen) atoms. The molecule has 0 aromatic heterocycles. The van der Waals surface area contributed by atoms with Gasteiger partial charge in [0.05, 0.1) is 12.0 Å². The third kappa shape index (κ3) is 4.86. The molecule has 3 atom stereocenters. The predicted octanol–water partition coefficient (Wildman–Crippen LogP) is 3.11. The van der Waals surface area contributed by atoms with E-state index in [0.717, 1.165) is 5.56 Å². The Labute approximate surface area is 141 Å². The number of hydrogen-bond donors (Lipinski definition) is 1. The Kier molecular flexibility index (Phi) is 6.28. The standard InChI is InChI=1S/C17H22ClNO4/c1-11(2)15(14-8-13(9-18)16(20)23-14)19-17(21)22-10-12-6-4-3-5-7-12/h3-7,11,13-15H,8-10H2,1-2H3,(H,19,21)/t13?,14-,15-/m0/s1. The summed E-state index contributed by atoms with van der Waals surface area (Å²) in [7, 11) is 0. The molecule has 1 aliphatic heterocycles. The molecule has 0 saturated carbocycles. The summed E-state index contributed by atoms with van der Waals surface area (Å²) in [5.74, 6) is -0.259. The van der Waals surface area contributed by atoms with Gasteiger partial charge in [0.1, 0.15) is 12.7 Å². The lowest BCUT2D eigenvalue weighted by Crippen LogP contribution is -2.46. The second kappa shape index (κ2) is 8.20. The Morgan fingerprint density at radius 2 is 2.09 bits per heavy atom. The summed E-state index contributed by atoms with van der Waals surface area (Å²) < 4.78 is 10.6. The number of nitrogens with one attached hydrogen (secondary N) is 1. The number of ether oxygens (including phenoxy) is 2. The second-order valence-electron chi connectivity index (χ2n) is 6.04. The molecule has 1 unspecified atom stereocenters. The van der Waals surface area contributed by atoms with E-state index >= 15 is 0 Å². The molecule has 1 aromatic rings. The van der Waals surface area contributed by atoms with Crippen LogP contribution in [0.5, 0.6) is 0 Å². The molecule has 126 valence electrons. The maximum Gasteiger partial charge on any atom is 0.407 e. The van der Waals surface area contributed by atoms with Gasteiger partial charge in [0.2, 0.25) is 0 Å². The lowest BCUT2D eigenvalue weighted by molar-refractivity contribution is -0.145. The van der Waals surface area contributed by atoms with Gasteiger partial charge in [-0.3, -0.25) is 4.79 Å². The molecule has 1 fully saturated rings. The van der Waals surface area contributed by atoms with E-state index in [-0.39, 0.29) is 42.4 Å². The van der Waals surface area contributed by atoms with Crippen LogP contribution in [0.3, 0.4) is 0 Å². The van der Waals surface area contributed by atoms with Crippen LogP contribution in [0.25, 0.3) is 0 Å². The van der Waals surface area contributed by atoms with Crippen molar-refractivity contribution in [3.63, 3.8) is 0 Å². The highest BCUT2D eigenvalue weighted by Crippen LogP contribution is 2.27. The van der Waals surface area contributed by atoms with E-state index in [1.165, 1.54) is 0 Å². The average molecular weight is 340 g/mol. The molecule has 0 aliphatic carbocycles. The van der Waals surface area contributed by atoms with Crippen LogP contribution in [0.15, 0.2) is 30.3 Å². The molecule has 1 saturated heterocycles. The SMILES string of the molecule is CC(C)[C@H](NC(=O)OCc1ccccc1)[C@@H]1CC(CCl)C(=O)O1. The number of carbonyl (C=O) groups is 2. The molecule has 0 spiro atoms. The number of benzene rings is 1. The third-order valence-electron chi connectivity index (χ3n) is 3.92. The number of rotatable bonds is 6. The number of alkyl halides is 1. The van der Waals surface area contributed by atoms with E-state index in [0.29, 0.717) is 6.42 Å². The van der Waals surface area contributed by atoms with Crippen molar-refractivity contribution in [2.75, 3.05) is 5.88 Å². The van der Waals surface area contributed by atoms with Crippen molar-refractivity contribution in [2.24, 2.45) is 11.8 Å². The van der Waals surface area contributed by atoms with Crippen LogP contribution in [0, 0.1) is 11.8 Å². The Hall–Kier alpha value is -1.75. The monoisotopic (exact) mass is 339 g/mol. The Morgan fingerprint density at radius 3 is 2.65 bits per heavy atom. The highest BCUT2D eigenvalue weighted by molar-refractivity contribution is 6.19. The minimum atomic E-state index is -0.516. The van der Waals surface area contributed by atoms with Crippen LogP contribution >= 0.6 is 11.6 Å². The molecular weight excluding hydrogens is 318 g/mol. The lowest BCUT2D eigenvalue weighted by atomic mass is 9.94. The number of cyclic esters (lactones) is 1. The number of amides is 1. The number of halogens is 1. The van der Waals surface area contributed by atoms with E-state index < -0.39 is 6.09 Å². The molecule has 1 amide bonds. The molecular formula is C17H22ClNO4. The van der Waals surface area contributed by atoms with Crippen LogP contribution in [0.2, 0.25) is 0 Å². The minimum absolute atomic E-state index is 0.103. The van der Waals surface area contributed by atoms with Crippen molar-refractivity contribution in [3.8, 4) is 0 Å². The summed E-state index contributed by atoms with van der Waals surface area (Å²) in [4.78, 5) is 23.7. The number of hydrogen-bond acceptors (Lipinski definition) is 4. The van der Waals surface area contributed by atoms with Gasteiger partial charge in [0.15, 0.2) is 0 Å². The van der Waals surface area contributed by atoms with Crippen LogP contribution in [0.4, 0.5) is 4.79 Å². The zero-order valence-corrected chi connectivity index (χ0v) is 14.1. The molecule has 6 heteroatoms. The maximum atomic E-state index is 12.0. The summed E-state index contributed by atoms with van der Waals surface area (Å²) in [6.45, 7) is 4.13. The smallest absolute Gasteiger partial charge is 0.407 e. The first-order valence-electron chi connectivity index (χ1n) is 7.75.